The van der Waals surface area contributed by atoms with Crippen molar-refractivity contribution in [3.05, 3.63) is 58.6 Å². The third-order valence-electron chi connectivity index (χ3n) is 6.17. The van der Waals surface area contributed by atoms with Crippen molar-refractivity contribution in [1.29, 1.82) is 0 Å². The summed E-state index contributed by atoms with van der Waals surface area (Å²) in [5.41, 5.74) is 24.8. The number of guanidine groups is 4. The molecule has 18 nitrogen and oxygen atoms in total. The Kier molecular flexibility index (Phi) is 20.2. The zero-order valence-electron chi connectivity index (χ0n) is 26.3. The van der Waals surface area contributed by atoms with E-state index in [-0.39, 0.29) is 23.8 Å². The van der Waals surface area contributed by atoms with E-state index in [4.69, 9.17) is 81.9 Å². The van der Waals surface area contributed by atoms with Gasteiger partial charge < -0.3 is 69.3 Å². The first-order valence-electron chi connectivity index (χ1n) is 14.7. The van der Waals surface area contributed by atoms with Gasteiger partial charge in [0.2, 0.25) is 23.8 Å². The molecule has 2 aromatic rings. The fourth-order valence-electron chi connectivity index (χ4n) is 3.57. The van der Waals surface area contributed by atoms with Crippen molar-refractivity contribution in [2.45, 2.75) is 56.2 Å². The van der Waals surface area contributed by atoms with E-state index >= 15 is 0 Å². The van der Waals surface area contributed by atoms with Gasteiger partial charge in [-0.2, -0.15) is 9.98 Å². The Balaban J connectivity index is 0.000000673. The Bertz CT molecular complexity index is 1310. The highest BCUT2D eigenvalue weighted by atomic mass is 35.5. The van der Waals surface area contributed by atoms with Crippen molar-refractivity contribution >= 4 is 64.4 Å². The van der Waals surface area contributed by atoms with Crippen molar-refractivity contribution in [3.63, 3.8) is 0 Å². The van der Waals surface area contributed by atoms with Gasteiger partial charge in [0.05, 0.1) is 6.61 Å². The molecule has 17 N–H and O–H groups in total. The molecular formula is C29H44Cl2N10O8. The van der Waals surface area contributed by atoms with Crippen molar-refractivity contribution in [2.75, 3.05) is 30.3 Å². The second-order valence-corrected chi connectivity index (χ2v) is 11.0. The van der Waals surface area contributed by atoms with Crippen LogP contribution in [0.1, 0.15) is 25.7 Å². The van der Waals surface area contributed by atoms with Gasteiger partial charge in [0.15, 0.2) is 6.10 Å². The molecule has 0 aliphatic heterocycles. The lowest BCUT2D eigenvalue weighted by molar-refractivity contribution is -0.169. The minimum absolute atomic E-state index is 0.124. The smallest absolute Gasteiger partial charge is 0.335 e. The number of hydrogen-bond donors (Lipinski definition) is 13. The first kappa shape index (κ1) is 42.8. The SMILES string of the molecule is NC(=NCCCCCCN=C(N)/N=C(\N)Nc1ccc(Cl)cc1)/N=C(\N)Nc1ccc(Cl)cc1.O=C(O)C(O)C(O)C(O)C(O)C(O)CO. The first-order valence-corrected chi connectivity index (χ1v) is 15.5. The van der Waals surface area contributed by atoms with Gasteiger partial charge in [0.1, 0.15) is 24.4 Å². The van der Waals surface area contributed by atoms with E-state index < -0.39 is 43.1 Å². The van der Waals surface area contributed by atoms with Gasteiger partial charge in [-0.05, 0) is 61.4 Å². The molecule has 5 unspecified atom stereocenters. The van der Waals surface area contributed by atoms with Gasteiger partial charge in [-0.1, -0.05) is 36.0 Å². The number of halogens is 2. The minimum atomic E-state index is -2.29. The number of benzene rings is 2. The van der Waals surface area contributed by atoms with Crippen LogP contribution in [-0.4, -0.2) is 116 Å². The van der Waals surface area contributed by atoms with Gasteiger partial charge in [-0.3, -0.25) is 9.98 Å². The van der Waals surface area contributed by atoms with Crippen molar-refractivity contribution < 1.29 is 40.5 Å². The number of nitrogens with two attached hydrogens (primary N) is 4. The zero-order valence-corrected chi connectivity index (χ0v) is 27.9. The van der Waals surface area contributed by atoms with Crippen LogP contribution in [0.5, 0.6) is 0 Å². The molecule has 20 heteroatoms. The van der Waals surface area contributed by atoms with Gasteiger partial charge >= 0.3 is 5.97 Å². The lowest BCUT2D eigenvalue weighted by atomic mass is 9.99. The number of rotatable bonds is 15. The maximum absolute atomic E-state index is 10.2. The number of aliphatic hydroxyl groups excluding tert-OH is 6. The number of aliphatic carboxylic acids is 1. The average Bonchev–Trinajstić information content (AvgIpc) is 3.06. The highest BCUT2D eigenvalue weighted by molar-refractivity contribution is 6.31. The van der Waals surface area contributed by atoms with Crippen molar-refractivity contribution in [3.8, 4) is 0 Å². The summed E-state index contributed by atoms with van der Waals surface area (Å²) in [6.45, 7) is 0.242. The van der Waals surface area contributed by atoms with Crippen molar-refractivity contribution in [1.82, 2.24) is 0 Å². The maximum atomic E-state index is 10.2. The van der Waals surface area contributed by atoms with Crippen LogP contribution >= 0.6 is 23.2 Å². The van der Waals surface area contributed by atoms with E-state index in [0.717, 1.165) is 37.1 Å². The lowest BCUT2D eigenvalue weighted by Crippen LogP contribution is -2.51. The van der Waals surface area contributed by atoms with E-state index in [1.54, 1.807) is 48.5 Å². The molecule has 0 aliphatic carbocycles. The quantitative estimate of drug-likeness (QED) is 0.0606. The number of aliphatic imine (C=N–C) groups is 4. The summed E-state index contributed by atoms with van der Waals surface area (Å²) in [5.74, 6) is -1.22. The fraction of sp³-hybridized carbons (Fsp3) is 0.414. The number of carbonyl (C=O) groups is 1. The van der Waals surface area contributed by atoms with E-state index in [9.17, 15) is 4.79 Å². The Labute approximate surface area is 292 Å². The molecule has 2 rings (SSSR count). The average molecular weight is 732 g/mol. The van der Waals surface area contributed by atoms with Crippen LogP contribution in [0.4, 0.5) is 11.4 Å². The predicted molar refractivity (Wildman–Crippen MR) is 190 cm³/mol. The number of unbranched alkanes of at least 4 members (excludes halogenated alkanes) is 3. The lowest BCUT2D eigenvalue weighted by Gasteiger charge is -2.26. The number of nitrogens with zero attached hydrogens (tertiary/aromatic N) is 4. The number of carboxylic acid groups (broad SMARTS) is 1. The molecule has 0 amide bonds. The molecule has 0 heterocycles. The summed E-state index contributed by atoms with van der Waals surface area (Å²) >= 11 is 11.7. The molecule has 0 saturated carbocycles. The standard InChI is InChI=1S/C22H30Cl2N10.C7H14O8/c23-15-5-9-17(10-6-15)31-21(27)33-19(25)29-13-3-1-2-4-14-30-20(26)34-22(28)32-18-11-7-16(24)8-12-18;8-1-2(9)3(10)4(11)5(12)6(13)7(14)15/h5-12H,1-4,13-14H2,(H5,25,27,29,31,33)(H5,26,28,30,32,34);2-6,8-13H,1H2,(H,14,15). The number of anilines is 2. The normalized spacial score (nSPS) is 15.7. The van der Waals surface area contributed by atoms with Crippen LogP contribution in [0.25, 0.3) is 0 Å². The summed E-state index contributed by atoms with van der Waals surface area (Å²) < 4.78 is 0. The summed E-state index contributed by atoms with van der Waals surface area (Å²) in [4.78, 5) is 26.7. The van der Waals surface area contributed by atoms with Gasteiger partial charge in [0, 0.05) is 34.5 Å². The highest BCUT2D eigenvalue weighted by Crippen LogP contribution is 2.14. The largest absolute Gasteiger partial charge is 0.479 e. The van der Waals surface area contributed by atoms with Gasteiger partial charge in [0.25, 0.3) is 0 Å². The summed E-state index contributed by atoms with van der Waals surface area (Å²) in [5, 5.41) is 68.7. The molecule has 0 radical (unpaired) electrons. The molecule has 0 spiro atoms. The Morgan fingerprint density at radius 3 is 1.39 bits per heavy atom. The summed E-state index contributed by atoms with van der Waals surface area (Å²) in [6, 6.07) is 14.1. The van der Waals surface area contributed by atoms with Crippen LogP contribution < -0.4 is 33.6 Å². The molecule has 272 valence electrons. The molecule has 2 aromatic carbocycles. The van der Waals surface area contributed by atoms with E-state index in [0.29, 0.717) is 23.1 Å². The van der Waals surface area contributed by atoms with Crippen molar-refractivity contribution in [2.24, 2.45) is 42.9 Å². The van der Waals surface area contributed by atoms with Crippen LogP contribution in [0, 0.1) is 0 Å². The molecule has 0 saturated heterocycles. The molecule has 0 bridgehead atoms. The zero-order chi connectivity index (χ0) is 36.9. The Hall–Kier alpha value is -4.27. The number of aliphatic hydroxyl groups is 6. The molecule has 5 atom stereocenters. The van der Waals surface area contributed by atoms with E-state index in [2.05, 4.69) is 30.6 Å². The predicted octanol–water partition coefficient (Wildman–Crippen LogP) is -0.796. The van der Waals surface area contributed by atoms with Crippen LogP contribution in [0.15, 0.2) is 68.5 Å². The molecule has 49 heavy (non-hydrogen) atoms. The highest BCUT2D eigenvalue weighted by Gasteiger charge is 2.36. The molecule has 0 aromatic heterocycles. The molecule has 0 fully saturated rings. The van der Waals surface area contributed by atoms with Gasteiger partial charge in [-0.15, -0.1) is 0 Å². The van der Waals surface area contributed by atoms with Crippen LogP contribution in [0.3, 0.4) is 0 Å². The topological polar surface area (TPSA) is 336 Å². The Morgan fingerprint density at radius 1 is 0.653 bits per heavy atom. The summed E-state index contributed by atoms with van der Waals surface area (Å²) in [7, 11) is 0. The second kappa shape index (κ2) is 23.1. The first-order chi connectivity index (χ1) is 23.1. The molecular weight excluding hydrogens is 687 g/mol. The van der Waals surface area contributed by atoms with Gasteiger partial charge in [-0.25, -0.2) is 4.79 Å². The third kappa shape index (κ3) is 18.2. The number of nitrogens with one attached hydrogen (secondary N) is 2. The van der Waals surface area contributed by atoms with E-state index in [1.807, 2.05) is 0 Å². The van der Waals surface area contributed by atoms with Crippen LogP contribution in [-0.2, 0) is 4.79 Å². The van der Waals surface area contributed by atoms with E-state index in [1.165, 1.54) is 0 Å². The minimum Gasteiger partial charge on any atom is -0.479 e. The maximum Gasteiger partial charge on any atom is 0.335 e. The second-order valence-electron chi connectivity index (χ2n) is 10.2. The number of hydrogen-bond acceptors (Lipinski definition) is 9. The number of carboxylic acids is 1. The molecule has 0 aliphatic rings. The third-order valence-corrected chi connectivity index (χ3v) is 6.68. The monoisotopic (exact) mass is 730 g/mol. The Morgan fingerprint density at radius 2 is 1.04 bits per heavy atom. The van der Waals surface area contributed by atoms with Crippen LogP contribution in [0.2, 0.25) is 10.0 Å². The summed E-state index contributed by atoms with van der Waals surface area (Å²) in [6.07, 6.45) is -6.56. The fourth-order valence-corrected chi connectivity index (χ4v) is 3.82.